The Balaban J connectivity index is 3.68. The number of aliphatic hydroxyl groups is 1. The summed E-state index contributed by atoms with van der Waals surface area (Å²) in [5.74, 6) is 0. The molecule has 0 amide bonds. The number of rotatable bonds is 10. The highest BCUT2D eigenvalue weighted by molar-refractivity contribution is 6.71. The normalized spacial score (nSPS) is 31.1. The molecule has 0 aromatic rings. The molecule has 1 fully saturated rings. The van der Waals surface area contributed by atoms with Gasteiger partial charge in [-0.2, -0.15) is 0 Å². The van der Waals surface area contributed by atoms with Crippen LogP contribution in [0.15, 0.2) is 0 Å². The van der Waals surface area contributed by atoms with Gasteiger partial charge >= 0.3 is 0 Å². The second-order valence-corrected chi connectivity index (χ2v) is 36.3. The van der Waals surface area contributed by atoms with Gasteiger partial charge in [-0.25, -0.2) is 0 Å². The number of hydrogen-bond donors (Lipinski definition) is 1. The zero-order valence-electron chi connectivity index (χ0n) is 23.5. The van der Waals surface area contributed by atoms with Crippen LogP contribution in [0, 0.1) is 0 Å². The summed E-state index contributed by atoms with van der Waals surface area (Å²) in [6, 6.07) is 0. The smallest absolute Gasteiger partial charge is 0.184 e. The monoisotopic (exact) mass is 540 g/mol. The van der Waals surface area contributed by atoms with Gasteiger partial charge in [0, 0.05) is 0 Å². The Labute approximate surface area is 203 Å². The Hall–Kier alpha value is 0.844. The molecule has 0 radical (unpaired) electrons. The average Bonchev–Trinajstić information content (AvgIpc) is 2.45. The van der Waals surface area contributed by atoms with Gasteiger partial charge in [0.05, 0.1) is 0 Å². The second-order valence-electron chi connectivity index (χ2n) is 14.0. The lowest BCUT2D eigenvalue weighted by Gasteiger charge is -2.54. The molecule has 0 spiro atoms. The minimum absolute atomic E-state index is 0.341. The van der Waals surface area contributed by atoms with E-state index in [1.165, 1.54) is 0 Å². The Kier molecular flexibility index (Phi) is 10.1. The van der Waals surface area contributed by atoms with Crippen LogP contribution in [0.2, 0.25) is 98.2 Å². The van der Waals surface area contributed by atoms with E-state index in [1.54, 1.807) is 0 Å². The molecule has 4 atom stereocenters. The first-order valence-electron chi connectivity index (χ1n) is 12.0. The summed E-state index contributed by atoms with van der Waals surface area (Å²) in [5.41, 5.74) is 0. The van der Waals surface area contributed by atoms with Crippen LogP contribution >= 0.6 is 0 Å². The van der Waals surface area contributed by atoms with E-state index >= 15 is 0 Å². The van der Waals surface area contributed by atoms with Crippen LogP contribution in [0.4, 0.5) is 0 Å². The Morgan fingerprint density at radius 2 is 0.500 bits per heavy atom. The first-order chi connectivity index (χ1) is 13.9. The van der Waals surface area contributed by atoms with E-state index < -0.39 is 72.1 Å². The van der Waals surface area contributed by atoms with Crippen molar-refractivity contribution in [2.75, 3.05) is 0 Å². The van der Waals surface area contributed by atoms with Crippen LogP contribution in [0.5, 0.6) is 0 Å². The summed E-state index contributed by atoms with van der Waals surface area (Å²) >= 11 is 0. The maximum atomic E-state index is 11.7. The molecule has 1 N–H and O–H groups in total. The van der Waals surface area contributed by atoms with Crippen LogP contribution in [0.3, 0.4) is 0 Å². The standard InChI is InChI=1S/C21H52O6Si5/c1-28(2,3)23-17-16(22)18(24-29(4,5)6)20(26-31(10,11)12)21(27-32(13,14)15)19(17)25-30(7,8)9/h16-22H,1-15H3. The lowest BCUT2D eigenvalue weighted by Crippen LogP contribution is -2.72. The van der Waals surface area contributed by atoms with Crippen LogP contribution in [0.25, 0.3) is 0 Å². The van der Waals surface area contributed by atoms with Crippen molar-refractivity contribution in [1.29, 1.82) is 0 Å². The van der Waals surface area contributed by atoms with Crippen LogP contribution in [0.1, 0.15) is 0 Å². The minimum Gasteiger partial charge on any atom is -0.409 e. The van der Waals surface area contributed by atoms with Gasteiger partial charge in [-0.3, -0.25) is 0 Å². The van der Waals surface area contributed by atoms with Crippen molar-refractivity contribution in [3.05, 3.63) is 0 Å². The quantitative estimate of drug-likeness (QED) is 0.371. The summed E-state index contributed by atoms with van der Waals surface area (Å²) in [5, 5.41) is 11.7. The zero-order valence-corrected chi connectivity index (χ0v) is 28.5. The second kappa shape index (κ2) is 10.4. The molecule has 11 heteroatoms. The average molecular weight is 541 g/mol. The van der Waals surface area contributed by atoms with Crippen LogP contribution in [-0.4, -0.2) is 83.3 Å². The third-order valence-corrected chi connectivity index (χ3v) is 9.31. The molecule has 6 nitrogen and oxygen atoms in total. The molecule has 1 rings (SSSR count). The number of aliphatic hydroxyl groups excluding tert-OH is 1. The highest BCUT2D eigenvalue weighted by Gasteiger charge is 2.57. The molecule has 1 aliphatic carbocycles. The lowest BCUT2D eigenvalue weighted by atomic mass is 9.85. The third kappa shape index (κ3) is 11.1. The largest absolute Gasteiger partial charge is 0.409 e. The highest BCUT2D eigenvalue weighted by Crippen LogP contribution is 2.38. The molecule has 192 valence electrons. The fourth-order valence-electron chi connectivity index (χ4n) is 3.85. The fourth-order valence-corrected chi connectivity index (χ4v) is 9.29. The van der Waals surface area contributed by atoms with Gasteiger partial charge in [0.15, 0.2) is 41.6 Å². The first kappa shape index (κ1) is 30.9. The van der Waals surface area contributed by atoms with Gasteiger partial charge in [-0.05, 0) is 98.2 Å². The predicted molar refractivity (Wildman–Crippen MR) is 147 cm³/mol. The predicted octanol–water partition coefficient (Wildman–Crippen LogP) is 5.46. The topological polar surface area (TPSA) is 66.4 Å². The lowest BCUT2D eigenvalue weighted by molar-refractivity contribution is -0.200. The van der Waals surface area contributed by atoms with Crippen LogP contribution in [-0.2, 0) is 22.1 Å². The van der Waals surface area contributed by atoms with Crippen molar-refractivity contribution in [2.24, 2.45) is 0 Å². The van der Waals surface area contributed by atoms with Gasteiger partial charge < -0.3 is 27.2 Å². The minimum atomic E-state index is -1.99. The Bertz CT molecular complexity index is 556. The summed E-state index contributed by atoms with van der Waals surface area (Å²) in [6.45, 7) is 32.5. The highest BCUT2D eigenvalue weighted by atomic mass is 28.4. The molecule has 0 aliphatic heterocycles. The molecule has 0 aromatic heterocycles. The zero-order chi connectivity index (χ0) is 25.5. The number of hydrogen-bond acceptors (Lipinski definition) is 6. The van der Waals surface area contributed by atoms with Crippen molar-refractivity contribution in [1.82, 2.24) is 0 Å². The van der Waals surface area contributed by atoms with Gasteiger partial charge in [0.1, 0.15) is 36.6 Å². The van der Waals surface area contributed by atoms with Crippen molar-refractivity contribution in [3.63, 3.8) is 0 Å². The maximum Gasteiger partial charge on any atom is 0.184 e. The molecular weight excluding hydrogens is 489 g/mol. The first-order valence-corrected chi connectivity index (χ1v) is 29.0. The van der Waals surface area contributed by atoms with E-state index in [9.17, 15) is 5.11 Å². The molecule has 1 saturated carbocycles. The van der Waals surface area contributed by atoms with Crippen molar-refractivity contribution in [3.8, 4) is 0 Å². The molecule has 32 heavy (non-hydrogen) atoms. The summed E-state index contributed by atoms with van der Waals surface area (Å²) < 4.78 is 33.6. The van der Waals surface area contributed by atoms with E-state index in [0.29, 0.717) is 0 Å². The summed E-state index contributed by atoms with van der Waals surface area (Å²) in [4.78, 5) is 0. The van der Waals surface area contributed by atoms with Crippen molar-refractivity contribution >= 4 is 41.6 Å². The Morgan fingerprint density at radius 1 is 0.344 bits per heavy atom. The SMILES string of the molecule is C[Si](C)(C)OC1C(O)C(O[Si](C)(C)C)C(O[Si](C)(C)C)C(O[Si](C)(C)C)C1O[Si](C)(C)C. The molecule has 0 heterocycles. The molecular formula is C21H52O6Si5. The molecule has 1 aliphatic rings. The van der Waals surface area contributed by atoms with Crippen molar-refractivity contribution in [2.45, 2.75) is 135 Å². The summed E-state index contributed by atoms with van der Waals surface area (Å²) in [7, 11) is -9.93. The van der Waals surface area contributed by atoms with Gasteiger partial charge in [-0.1, -0.05) is 0 Å². The fraction of sp³-hybridized carbons (Fsp3) is 1.00. The van der Waals surface area contributed by atoms with Crippen LogP contribution < -0.4 is 0 Å². The van der Waals surface area contributed by atoms with E-state index in [-0.39, 0.29) is 6.10 Å². The summed E-state index contributed by atoms with van der Waals surface area (Å²) in [6.07, 6.45) is -2.96. The Morgan fingerprint density at radius 3 is 0.688 bits per heavy atom. The molecule has 0 aromatic carbocycles. The van der Waals surface area contributed by atoms with Crippen molar-refractivity contribution < 1.29 is 27.2 Å². The van der Waals surface area contributed by atoms with E-state index in [4.69, 9.17) is 22.1 Å². The van der Waals surface area contributed by atoms with E-state index in [1.807, 2.05) is 0 Å². The molecule has 4 unspecified atom stereocenters. The van der Waals surface area contributed by atoms with Gasteiger partial charge in [0.2, 0.25) is 0 Å². The maximum absolute atomic E-state index is 11.7. The van der Waals surface area contributed by atoms with Gasteiger partial charge in [-0.15, -0.1) is 0 Å². The molecule has 0 saturated heterocycles. The third-order valence-electron chi connectivity index (χ3n) is 4.42. The van der Waals surface area contributed by atoms with E-state index in [2.05, 4.69) is 98.2 Å². The molecule has 0 bridgehead atoms. The van der Waals surface area contributed by atoms with E-state index in [0.717, 1.165) is 0 Å². The van der Waals surface area contributed by atoms with Gasteiger partial charge in [0.25, 0.3) is 0 Å².